The molecule has 0 bridgehead atoms. The Morgan fingerprint density at radius 2 is 2.00 bits per heavy atom. The van der Waals surface area contributed by atoms with Crippen molar-refractivity contribution in [1.29, 1.82) is 0 Å². The summed E-state index contributed by atoms with van der Waals surface area (Å²) in [6.07, 6.45) is 2.29. The van der Waals surface area contributed by atoms with Crippen molar-refractivity contribution >= 4 is 0 Å². The lowest BCUT2D eigenvalue weighted by Gasteiger charge is -2.34. The molecule has 1 saturated heterocycles. The third-order valence-corrected chi connectivity index (χ3v) is 3.76. The SMILES string of the molecule is CC1(NCc2ccc3c(c2)OCCO3)CCCOC1. The Labute approximate surface area is 114 Å². The molecule has 0 saturated carbocycles. The topological polar surface area (TPSA) is 39.7 Å². The van der Waals surface area contributed by atoms with Crippen LogP contribution in [-0.2, 0) is 11.3 Å². The largest absolute Gasteiger partial charge is 0.486 e. The van der Waals surface area contributed by atoms with Crippen molar-refractivity contribution in [2.75, 3.05) is 26.4 Å². The van der Waals surface area contributed by atoms with Gasteiger partial charge in [0.05, 0.1) is 6.61 Å². The summed E-state index contributed by atoms with van der Waals surface area (Å²) in [5, 5.41) is 3.60. The second-order valence-electron chi connectivity index (χ2n) is 5.55. The molecule has 0 aliphatic carbocycles. The Morgan fingerprint density at radius 3 is 2.79 bits per heavy atom. The number of benzene rings is 1. The standard InChI is InChI=1S/C15H21NO3/c1-15(5-2-6-17-11-15)16-10-12-3-4-13-14(9-12)19-8-7-18-13/h3-4,9,16H,2,5-8,10-11H2,1H3. The van der Waals surface area contributed by atoms with Crippen molar-refractivity contribution in [2.45, 2.75) is 31.8 Å². The van der Waals surface area contributed by atoms with Gasteiger partial charge in [0, 0.05) is 18.7 Å². The third-order valence-electron chi connectivity index (χ3n) is 3.76. The molecule has 3 rings (SSSR count). The van der Waals surface area contributed by atoms with E-state index in [4.69, 9.17) is 14.2 Å². The van der Waals surface area contributed by atoms with Gasteiger partial charge in [-0.3, -0.25) is 0 Å². The van der Waals surface area contributed by atoms with Crippen LogP contribution in [0.3, 0.4) is 0 Å². The van der Waals surface area contributed by atoms with Gasteiger partial charge >= 0.3 is 0 Å². The summed E-state index contributed by atoms with van der Waals surface area (Å²) in [5.41, 5.74) is 1.31. The first-order valence-electron chi connectivity index (χ1n) is 6.97. The summed E-state index contributed by atoms with van der Waals surface area (Å²) in [6, 6.07) is 6.15. The van der Waals surface area contributed by atoms with Crippen LogP contribution in [-0.4, -0.2) is 32.0 Å². The van der Waals surface area contributed by atoms with Crippen LogP contribution in [0, 0.1) is 0 Å². The normalized spacial score (nSPS) is 26.2. The fourth-order valence-electron chi connectivity index (χ4n) is 2.59. The van der Waals surface area contributed by atoms with Crippen molar-refractivity contribution in [1.82, 2.24) is 5.32 Å². The number of fused-ring (bicyclic) bond motifs is 1. The van der Waals surface area contributed by atoms with Crippen molar-refractivity contribution in [3.05, 3.63) is 23.8 Å². The second kappa shape index (κ2) is 5.39. The van der Waals surface area contributed by atoms with Crippen LogP contribution in [0.1, 0.15) is 25.3 Å². The van der Waals surface area contributed by atoms with E-state index in [0.717, 1.165) is 44.1 Å². The average Bonchev–Trinajstić information content (AvgIpc) is 2.46. The highest BCUT2D eigenvalue weighted by Crippen LogP contribution is 2.31. The van der Waals surface area contributed by atoms with Crippen molar-refractivity contribution in [2.24, 2.45) is 0 Å². The van der Waals surface area contributed by atoms with Crippen molar-refractivity contribution in [3.8, 4) is 11.5 Å². The zero-order valence-electron chi connectivity index (χ0n) is 11.4. The predicted molar refractivity (Wildman–Crippen MR) is 72.7 cm³/mol. The Morgan fingerprint density at radius 1 is 1.16 bits per heavy atom. The maximum atomic E-state index is 5.60. The van der Waals surface area contributed by atoms with E-state index in [-0.39, 0.29) is 5.54 Å². The van der Waals surface area contributed by atoms with E-state index in [1.165, 1.54) is 5.56 Å². The van der Waals surface area contributed by atoms with Gasteiger partial charge in [-0.15, -0.1) is 0 Å². The molecule has 0 spiro atoms. The molecule has 1 unspecified atom stereocenters. The molecule has 1 fully saturated rings. The smallest absolute Gasteiger partial charge is 0.161 e. The quantitative estimate of drug-likeness (QED) is 0.906. The minimum absolute atomic E-state index is 0.0888. The van der Waals surface area contributed by atoms with Gasteiger partial charge < -0.3 is 19.5 Å². The maximum Gasteiger partial charge on any atom is 0.161 e. The Kier molecular flexibility index (Phi) is 3.62. The summed E-state index contributed by atoms with van der Waals surface area (Å²) in [5.74, 6) is 1.71. The van der Waals surface area contributed by atoms with E-state index in [1.807, 2.05) is 6.07 Å². The van der Waals surface area contributed by atoms with Gasteiger partial charge in [0.2, 0.25) is 0 Å². The summed E-state index contributed by atoms with van der Waals surface area (Å²) in [7, 11) is 0. The predicted octanol–water partition coefficient (Wildman–Crippen LogP) is 2.12. The van der Waals surface area contributed by atoms with Gasteiger partial charge in [-0.05, 0) is 37.5 Å². The average molecular weight is 263 g/mol. The zero-order valence-corrected chi connectivity index (χ0v) is 11.4. The van der Waals surface area contributed by atoms with Crippen molar-refractivity contribution < 1.29 is 14.2 Å². The van der Waals surface area contributed by atoms with Gasteiger partial charge in [-0.1, -0.05) is 6.07 Å². The maximum absolute atomic E-state index is 5.60. The monoisotopic (exact) mass is 263 g/mol. The van der Waals surface area contributed by atoms with E-state index >= 15 is 0 Å². The highest BCUT2D eigenvalue weighted by Gasteiger charge is 2.26. The van der Waals surface area contributed by atoms with Crippen molar-refractivity contribution in [3.63, 3.8) is 0 Å². The van der Waals surface area contributed by atoms with Gasteiger partial charge in [0.25, 0.3) is 0 Å². The first-order chi connectivity index (χ1) is 9.25. The van der Waals surface area contributed by atoms with E-state index in [9.17, 15) is 0 Å². The fourth-order valence-corrected chi connectivity index (χ4v) is 2.59. The van der Waals surface area contributed by atoms with Crippen LogP contribution in [0.4, 0.5) is 0 Å². The molecule has 0 amide bonds. The van der Waals surface area contributed by atoms with Gasteiger partial charge in [0.1, 0.15) is 13.2 Å². The Balaban J connectivity index is 1.63. The van der Waals surface area contributed by atoms with Crippen LogP contribution < -0.4 is 14.8 Å². The molecule has 2 heterocycles. The van der Waals surface area contributed by atoms with Gasteiger partial charge in [0.15, 0.2) is 11.5 Å². The van der Waals surface area contributed by atoms with E-state index < -0.39 is 0 Å². The summed E-state index contributed by atoms with van der Waals surface area (Å²) in [6.45, 7) is 6.01. The number of hydrogen-bond donors (Lipinski definition) is 1. The lowest BCUT2D eigenvalue weighted by atomic mass is 9.94. The van der Waals surface area contributed by atoms with E-state index in [2.05, 4.69) is 24.4 Å². The molecule has 0 radical (unpaired) electrons. The highest BCUT2D eigenvalue weighted by molar-refractivity contribution is 5.43. The first kappa shape index (κ1) is 12.8. The minimum Gasteiger partial charge on any atom is -0.486 e. The molecular formula is C15H21NO3. The number of rotatable bonds is 3. The molecule has 4 heteroatoms. The molecule has 2 aliphatic heterocycles. The Bertz CT molecular complexity index is 441. The molecule has 1 N–H and O–H groups in total. The molecule has 2 aliphatic rings. The lowest BCUT2D eigenvalue weighted by Crippen LogP contribution is -2.48. The molecular weight excluding hydrogens is 242 g/mol. The molecule has 1 aromatic rings. The lowest BCUT2D eigenvalue weighted by molar-refractivity contribution is 0.0277. The highest BCUT2D eigenvalue weighted by atomic mass is 16.6. The second-order valence-corrected chi connectivity index (χ2v) is 5.55. The van der Waals surface area contributed by atoms with Crippen LogP contribution in [0.5, 0.6) is 11.5 Å². The molecule has 4 nitrogen and oxygen atoms in total. The Hall–Kier alpha value is -1.26. The van der Waals surface area contributed by atoms with Gasteiger partial charge in [-0.2, -0.15) is 0 Å². The third kappa shape index (κ3) is 3.01. The van der Waals surface area contributed by atoms with E-state index in [1.54, 1.807) is 0 Å². The number of hydrogen-bond acceptors (Lipinski definition) is 4. The first-order valence-corrected chi connectivity index (χ1v) is 6.97. The minimum atomic E-state index is 0.0888. The molecule has 104 valence electrons. The van der Waals surface area contributed by atoms with Gasteiger partial charge in [-0.25, -0.2) is 0 Å². The molecule has 1 aromatic carbocycles. The molecule has 19 heavy (non-hydrogen) atoms. The van der Waals surface area contributed by atoms with Crippen LogP contribution >= 0.6 is 0 Å². The fraction of sp³-hybridized carbons (Fsp3) is 0.600. The van der Waals surface area contributed by atoms with Crippen LogP contribution in [0.2, 0.25) is 0 Å². The number of nitrogens with one attached hydrogen (secondary N) is 1. The zero-order chi connectivity index (χ0) is 13.1. The molecule has 1 atom stereocenters. The van der Waals surface area contributed by atoms with E-state index in [0.29, 0.717) is 13.2 Å². The summed E-state index contributed by atoms with van der Waals surface area (Å²) >= 11 is 0. The van der Waals surface area contributed by atoms with Crippen LogP contribution in [0.25, 0.3) is 0 Å². The van der Waals surface area contributed by atoms with Crippen LogP contribution in [0.15, 0.2) is 18.2 Å². The summed E-state index contributed by atoms with van der Waals surface area (Å²) < 4.78 is 16.7. The molecule has 0 aromatic heterocycles. The summed E-state index contributed by atoms with van der Waals surface area (Å²) in [4.78, 5) is 0. The number of ether oxygens (including phenoxy) is 3.